The Morgan fingerprint density at radius 3 is 2.94 bits per heavy atom. The van der Waals surface area contributed by atoms with Crippen molar-refractivity contribution in [2.24, 2.45) is 5.92 Å². The fraction of sp³-hybridized carbons (Fsp3) is 0.786. The SMILES string of the molecule is O=C(C1CN2CC3CC2(CO1)C3)N1CC=CCC1. The van der Waals surface area contributed by atoms with E-state index in [1.54, 1.807) is 0 Å². The van der Waals surface area contributed by atoms with E-state index in [1.165, 1.54) is 19.4 Å². The highest BCUT2D eigenvalue weighted by molar-refractivity contribution is 5.81. The summed E-state index contributed by atoms with van der Waals surface area (Å²) in [5.74, 6) is 1.07. The van der Waals surface area contributed by atoms with Gasteiger partial charge in [0.15, 0.2) is 0 Å². The zero-order chi connectivity index (χ0) is 12.2. The third-order valence-corrected chi connectivity index (χ3v) is 5.07. The van der Waals surface area contributed by atoms with Gasteiger partial charge in [0, 0.05) is 31.7 Å². The Morgan fingerprint density at radius 1 is 1.28 bits per heavy atom. The molecule has 4 heterocycles. The van der Waals surface area contributed by atoms with Crippen LogP contribution in [0.15, 0.2) is 12.2 Å². The quantitative estimate of drug-likeness (QED) is 0.638. The maximum absolute atomic E-state index is 12.4. The number of ether oxygens (including phenoxy) is 1. The van der Waals surface area contributed by atoms with Gasteiger partial charge >= 0.3 is 0 Å². The first-order valence-corrected chi connectivity index (χ1v) is 7.07. The second-order valence-electron chi connectivity index (χ2n) is 6.25. The van der Waals surface area contributed by atoms with Crippen LogP contribution < -0.4 is 0 Å². The van der Waals surface area contributed by atoms with Crippen LogP contribution in [0.25, 0.3) is 0 Å². The normalized spacial score (nSPS) is 42.6. The van der Waals surface area contributed by atoms with Crippen LogP contribution in [-0.4, -0.2) is 60.1 Å². The van der Waals surface area contributed by atoms with Crippen LogP contribution in [0.3, 0.4) is 0 Å². The average molecular weight is 248 g/mol. The van der Waals surface area contributed by atoms with Crippen molar-refractivity contribution in [1.29, 1.82) is 0 Å². The number of morpholine rings is 1. The van der Waals surface area contributed by atoms with Crippen molar-refractivity contribution in [3.05, 3.63) is 12.2 Å². The van der Waals surface area contributed by atoms with Crippen molar-refractivity contribution >= 4 is 5.91 Å². The van der Waals surface area contributed by atoms with Gasteiger partial charge in [-0.2, -0.15) is 0 Å². The van der Waals surface area contributed by atoms with Gasteiger partial charge in [-0.25, -0.2) is 0 Å². The maximum atomic E-state index is 12.4. The fourth-order valence-corrected chi connectivity index (χ4v) is 4.09. The minimum Gasteiger partial charge on any atom is -0.365 e. The molecule has 0 aromatic carbocycles. The molecule has 4 heteroatoms. The summed E-state index contributed by atoms with van der Waals surface area (Å²) in [4.78, 5) is 16.9. The molecular formula is C14H20N2O2. The topological polar surface area (TPSA) is 32.8 Å². The van der Waals surface area contributed by atoms with E-state index in [-0.39, 0.29) is 12.0 Å². The van der Waals surface area contributed by atoms with Gasteiger partial charge in [0.25, 0.3) is 5.91 Å². The number of carbonyl (C=O) groups excluding carboxylic acids is 1. The number of hydrogen-bond acceptors (Lipinski definition) is 3. The lowest BCUT2D eigenvalue weighted by molar-refractivity contribution is -0.159. The molecule has 2 bridgehead atoms. The molecule has 98 valence electrons. The van der Waals surface area contributed by atoms with E-state index in [2.05, 4.69) is 17.1 Å². The van der Waals surface area contributed by atoms with Gasteiger partial charge in [-0.05, 0) is 25.2 Å². The molecule has 1 aliphatic carbocycles. The minimum atomic E-state index is -0.221. The summed E-state index contributed by atoms with van der Waals surface area (Å²) in [5.41, 5.74) is 0.323. The van der Waals surface area contributed by atoms with Crippen LogP contribution in [0, 0.1) is 5.92 Å². The van der Waals surface area contributed by atoms with Crippen molar-refractivity contribution in [3.63, 3.8) is 0 Å². The molecule has 1 amide bonds. The van der Waals surface area contributed by atoms with Gasteiger partial charge < -0.3 is 9.64 Å². The minimum absolute atomic E-state index is 0.193. The predicted molar refractivity (Wildman–Crippen MR) is 67.1 cm³/mol. The standard InChI is InChI=1S/C14H20N2O2/c17-13(15-4-2-1-3-5-15)12-9-16-8-11-6-14(16,7-11)10-18-12/h1-2,11-12H,3-10H2. The van der Waals surface area contributed by atoms with E-state index in [0.717, 1.165) is 38.6 Å². The largest absolute Gasteiger partial charge is 0.365 e. The summed E-state index contributed by atoms with van der Waals surface area (Å²) in [6.07, 6.45) is 7.57. The maximum Gasteiger partial charge on any atom is 0.253 e. The molecule has 0 radical (unpaired) electrons. The number of nitrogens with zero attached hydrogens (tertiary/aromatic N) is 2. The molecule has 1 atom stereocenters. The molecule has 1 saturated carbocycles. The Bertz CT molecular complexity index is 401. The molecular weight excluding hydrogens is 228 g/mol. The van der Waals surface area contributed by atoms with Crippen molar-refractivity contribution in [2.75, 3.05) is 32.8 Å². The van der Waals surface area contributed by atoms with Gasteiger partial charge in [0.05, 0.1) is 6.61 Å². The molecule has 18 heavy (non-hydrogen) atoms. The molecule has 0 aromatic rings. The van der Waals surface area contributed by atoms with Crippen LogP contribution in [0.1, 0.15) is 19.3 Å². The van der Waals surface area contributed by atoms with Crippen LogP contribution in [0.2, 0.25) is 0 Å². The van der Waals surface area contributed by atoms with Gasteiger partial charge in [0.1, 0.15) is 6.10 Å². The van der Waals surface area contributed by atoms with E-state index >= 15 is 0 Å². The lowest BCUT2D eigenvalue weighted by Crippen LogP contribution is -2.60. The third kappa shape index (κ3) is 1.48. The molecule has 5 aliphatic rings. The highest BCUT2D eigenvalue weighted by Crippen LogP contribution is 2.52. The van der Waals surface area contributed by atoms with E-state index in [0.29, 0.717) is 5.54 Å². The van der Waals surface area contributed by atoms with Crippen molar-refractivity contribution in [1.82, 2.24) is 9.80 Å². The lowest BCUT2D eigenvalue weighted by atomic mass is 9.73. The molecule has 5 rings (SSSR count). The van der Waals surface area contributed by atoms with Crippen LogP contribution in [0.5, 0.6) is 0 Å². The van der Waals surface area contributed by atoms with E-state index in [4.69, 9.17) is 4.74 Å². The zero-order valence-corrected chi connectivity index (χ0v) is 10.7. The Kier molecular flexibility index (Phi) is 2.33. The van der Waals surface area contributed by atoms with Gasteiger partial charge in [-0.1, -0.05) is 12.2 Å². The number of amides is 1. The van der Waals surface area contributed by atoms with E-state index in [1.807, 2.05) is 4.90 Å². The summed E-state index contributed by atoms with van der Waals surface area (Å²) < 4.78 is 5.89. The Balaban J connectivity index is 1.43. The molecule has 0 N–H and O–H groups in total. The molecule has 4 fully saturated rings. The highest BCUT2D eigenvalue weighted by Gasteiger charge is 2.59. The first-order valence-electron chi connectivity index (χ1n) is 7.07. The molecule has 4 nitrogen and oxygen atoms in total. The van der Waals surface area contributed by atoms with Crippen LogP contribution in [-0.2, 0) is 9.53 Å². The molecule has 1 spiro atoms. The van der Waals surface area contributed by atoms with Crippen molar-refractivity contribution < 1.29 is 9.53 Å². The number of hydrogen-bond donors (Lipinski definition) is 0. The predicted octanol–water partition coefficient (Wildman–Crippen LogP) is 0.638. The molecule has 0 aromatic heterocycles. The monoisotopic (exact) mass is 248 g/mol. The summed E-state index contributed by atoms with van der Waals surface area (Å²) in [7, 11) is 0. The molecule has 1 unspecified atom stereocenters. The Labute approximate surface area is 108 Å². The summed E-state index contributed by atoms with van der Waals surface area (Å²) >= 11 is 0. The highest BCUT2D eigenvalue weighted by atomic mass is 16.5. The second-order valence-corrected chi connectivity index (χ2v) is 6.25. The second kappa shape index (κ2) is 3.81. The first kappa shape index (κ1) is 11.0. The average Bonchev–Trinajstić information content (AvgIpc) is 2.92. The van der Waals surface area contributed by atoms with Crippen LogP contribution >= 0.6 is 0 Å². The number of rotatable bonds is 1. The third-order valence-electron chi connectivity index (χ3n) is 5.07. The molecule has 3 saturated heterocycles. The van der Waals surface area contributed by atoms with Gasteiger partial charge in [-0.3, -0.25) is 9.69 Å². The van der Waals surface area contributed by atoms with Gasteiger partial charge in [-0.15, -0.1) is 0 Å². The summed E-state index contributed by atoms with van der Waals surface area (Å²) in [6.45, 7) is 4.38. The van der Waals surface area contributed by atoms with E-state index in [9.17, 15) is 4.79 Å². The lowest BCUT2D eigenvalue weighted by Gasteiger charge is -2.47. The van der Waals surface area contributed by atoms with Gasteiger partial charge in [0.2, 0.25) is 0 Å². The fourth-order valence-electron chi connectivity index (χ4n) is 4.09. The van der Waals surface area contributed by atoms with E-state index < -0.39 is 0 Å². The Hall–Kier alpha value is -0.870. The first-order chi connectivity index (χ1) is 8.77. The summed E-state index contributed by atoms with van der Waals surface area (Å²) in [6, 6.07) is 0. The van der Waals surface area contributed by atoms with Crippen molar-refractivity contribution in [2.45, 2.75) is 30.9 Å². The summed E-state index contributed by atoms with van der Waals surface area (Å²) in [5, 5.41) is 0. The smallest absolute Gasteiger partial charge is 0.253 e. The van der Waals surface area contributed by atoms with Crippen molar-refractivity contribution in [3.8, 4) is 0 Å². The Morgan fingerprint density at radius 2 is 2.17 bits per heavy atom. The number of carbonyl (C=O) groups is 1. The molecule has 4 aliphatic heterocycles. The van der Waals surface area contributed by atoms with Crippen LogP contribution in [0.4, 0.5) is 0 Å². The zero-order valence-electron chi connectivity index (χ0n) is 10.7.